The van der Waals surface area contributed by atoms with Crippen molar-refractivity contribution in [2.75, 3.05) is 7.11 Å². The van der Waals surface area contributed by atoms with Crippen molar-refractivity contribution in [2.24, 2.45) is 0 Å². The highest BCUT2D eigenvalue weighted by Crippen LogP contribution is 2.37. The fraction of sp³-hybridized carbons (Fsp3) is 0.100. The summed E-state index contributed by atoms with van der Waals surface area (Å²) in [6, 6.07) is 13.6. The van der Waals surface area contributed by atoms with E-state index < -0.39 is 16.4 Å². The average molecular weight is 379 g/mol. The van der Waals surface area contributed by atoms with Gasteiger partial charge >= 0.3 is 5.69 Å². The summed E-state index contributed by atoms with van der Waals surface area (Å²) in [5.41, 5.74) is 1.27. The monoisotopic (exact) mass is 379 g/mol. The standard InChI is InChI=1S/C20H17N3O5/c1-28-17-12-14(11-16(19(17)25)23(26)27)10-15(9-13-5-3-2-4-6-13)20-21-8-7-18(24)22-20/h2-8,10-12,25H,9H2,1H3,(H,21,22,24). The van der Waals surface area contributed by atoms with Gasteiger partial charge in [0.1, 0.15) is 5.82 Å². The van der Waals surface area contributed by atoms with E-state index in [9.17, 15) is 20.0 Å². The fourth-order valence-corrected chi connectivity index (χ4v) is 2.75. The van der Waals surface area contributed by atoms with E-state index in [1.165, 1.54) is 31.5 Å². The summed E-state index contributed by atoms with van der Waals surface area (Å²) in [6.45, 7) is 0. The number of nitrogens with one attached hydrogen (secondary N) is 1. The van der Waals surface area contributed by atoms with E-state index in [1.807, 2.05) is 30.3 Å². The number of aromatic nitrogens is 2. The Morgan fingerprint density at radius 3 is 2.68 bits per heavy atom. The fourth-order valence-electron chi connectivity index (χ4n) is 2.75. The van der Waals surface area contributed by atoms with E-state index in [1.54, 1.807) is 6.08 Å². The molecule has 0 spiro atoms. The Hall–Kier alpha value is -3.94. The molecule has 1 aromatic heterocycles. The van der Waals surface area contributed by atoms with Crippen LogP contribution in [-0.4, -0.2) is 27.1 Å². The first kappa shape index (κ1) is 18.8. The van der Waals surface area contributed by atoms with Gasteiger partial charge in [0, 0.05) is 24.8 Å². The minimum Gasteiger partial charge on any atom is -0.500 e. The number of nitro benzene ring substituents is 1. The molecule has 8 nitrogen and oxygen atoms in total. The molecule has 142 valence electrons. The first-order valence-corrected chi connectivity index (χ1v) is 8.33. The van der Waals surface area contributed by atoms with E-state index >= 15 is 0 Å². The van der Waals surface area contributed by atoms with Gasteiger partial charge in [0.15, 0.2) is 5.75 Å². The molecule has 0 aliphatic rings. The number of hydrogen-bond donors (Lipinski definition) is 2. The number of ether oxygens (including phenoxy) is 1. The Kier molecular flexibility index (Phi) is 5.50. The lowest BCUT2D eigenvalue weighted by Crippen LogP contribution is -2.09. The molecule has 3 aromatic rings. The third-order valence-corrected chi connectivity index (χ3v) is 4.05. The van der Waals surface area contributed by atoms with Crippen LogP contribution in [0.5, 0.6) is 11.5 Å². The maximum Gasteiger partial charge on any atom is 0.315 e. The van der Waals surface area contributed by atoms with E-state index in [4.69, 9.17) is 4.74 Å². The van der Waals surface area contributed by atoms with Crippen molar-refractivity contribution in [2.45, 2.75) is 6.42 Å². The zero-order chi connectivity index (χ0) is 20.1. The second kappa shape index (κ2) is 8.17. The van der Waals surface area contributed by atoms with Gasteiger partial charge in [-0.15, -0.1) is 0 Å². The van der Waals surface area contributed by atoms with Crippen LogP contribution in [0, 0.1) is 10.1 Å². The maximum absolute atomic E-state index is 11.7. The number of rotatable bonds is 6. The number of nitrogens with zero attached hydrogens (tertiary/aromatic N) is 2. The number of hydrogen-bond acceptors (Lipinski definition) is 6. The summed E-state index contributed by atoms with van der Waals surface area (Å²) in [7, 11) is 1.31. The van der Waals surface area contributed by atoms with Gasteiger partial charge in [0.05, 0.1) is 12.0 Å². The summed E-state index contributed by atoms with van der Waals surface area (Å²) >= 11 is 0. The second-order valence-electron chi connectivity index (χ2n) is 5.96. The number of benzene rings is 2. The zero-order valence-corrected chi connectivity index (χ0v) is 15.0. The van der Waals surface area contributed by atoms with E-state index in [0.717, 1.165) is 5.56 Å². The van der Waals surface area contributed by atoms with Crippen molar-refractivity contribution in [3.8, 4) is 11.5 Å². The molecule has 2 aromatic carbocycles. The SMILES string of the molecule is COc1cc(C=C(Cc2ccccc2)c2nccc(=O)[nH]2)cc([N+](=O)[O-])c1O. The zero-order valence-electron chi connectivity index (χ0n) is 15.0. The molecule has 28 heavy (non-hydrogen) atoms. The molecule has 0 aliphatic carbocycles. The summed E-state index contributed by atoms with van der Waals surface area (Å²) in [5, 5.41) is 21.2. The highest BCUT2D eigenvalue weighted by atomic mass is 16.6. The number of allylic oxidation sites excluding steroid dienone is 1. The minimum atomic E-state index is -0.686. The molecule has 0 unspecified atom stereocenters. The van der Waals surface area contributed by atoms with Gasteiger partial charge in [-0.1, -0.05) is 30.3 Å². The van der Waals surface area contributed by atoms with Crippen molar-refractivity contribution >= 4 is 17.3 Å². The van der Waals surface area contributed by atoms with E-state index in [2.05, 4.69) is 9.97 Å². The lowest BCUT2D eigenvalue weighted by molar-refractivity contribution is -0.386. The lowest BCUT2D eigenvalue weighted by Gasteiger charge is -2.09. The molecule has 1 heterocycles. The van der Waals surface area contributed by atoms with Gasteiger partial charge in [-0.2, -0.15) is 0 Å². The molecule has 0 aliphatic heterocycles. The molecule has 0 atom stereocenters. The highest BCUT2D eigenvalue weighted by Gasteiger charge is 2.20. The molecular formula is C20H17N3O5. The van der Waals surface area contributed by atoms with Crippen LogP contribution in [0.2, 0.25) is 0 Å². The number of phenolic OH excluding ortho intramolecular Hbond substituents is 1. The molecule has 0 amide bonds. The van der Waals surface area contributed by atoms with Gasteiger partial charge in [0.25, 0.3) is 5.56 Å². The number of aromatic hydroxyl groups is 1. The Morgan fingerprint density at radius 1 is 1.29 bits per heavy atom. The quantitative estimate of drug-likeness (QED) is 0.502. The molecule has 3 rings (SSSR count). The molecular weight excluding hydrogens is 362 g/mol. The average Bonchev–Trinajstić information content (AvgIpc) is 2.69. The topological polar surface area (TPSA) is 118 Å². The molecule has 0 radical (unpaired) electrons. The van der Waals surface area contributed by atoms with Gasteiger partial charge in [-0.3, -0.25) is 14.9 Å². The molecule has 0 saturated carbocycles. The van der Waals surface area contributed by atoms with Crippen molar-refractivity contribution in [3.63, 3.8) is 0 Å². The van der Waals surface area contributed by atoms with Crippen LogP contribution in [0.4, 0.5) is 5.69 Å². The summed E-state index contributed by atoms with van der Waals surface area (Å²) < 4.78 is 5.04. The molecule has 0 fully saturated rings. The second-order valence-corrected chi connectivity index (χ2v) is 5.96. The predicted octanol–water partition coefficient (Wildman–Crippen LogP) is 3.18. The van der Waals surface area contributed by atoms with Gasteiger partial charge in [-0.25, -0.2) is 4.98 Å². The van der Waals surface area contributed by atoms with Crippen LogP contribution in [-0.2, 0) is 6.42 Å². The van der Waals surface area contributed by atoms with Crippen molar-refractivity contribution in [1.29, 1.82) is 0 Å². The van der Waals surface area contributed by atoms with Gasteiger partial charge in [0.2, 0.25) is 5.75 Å². The van der Waals surface area contributed by atoms with E-state index in [0.29, 0.717) is 23.4 Å². The Balaban J connectivity index is 2.14. The van der Waals surface area contributed by atoms with Crippen LogP contribution < -0.4 is 10.3 Å². The van der Waals surface area contributed by atoms with Crippen LogP contribution in [0.1, 0.15) is 17.0 Å². The molecule has 0 bridgehead atoms. The number of methoxy groups -OCH3 is 1. The summed E-state index contributed by atoms with van der Waals surface area (Å²) in [5.74, 6) is -0.208. The Labute approximate surface area is 159 Å². The predicted molar refractivity (Wildman–Crippen MR) is 104 cm³/mol. The highest BCUT2D eigenvalue weighted by molar-refractivity contribution is 5.81. The first-order chi connectivity index (χ1) is 13.5. The smallest absolute Gasteiger partial charge is 0.315 e. The van der Waals surface area contributed by atoms with Crippen LogP contribution in [0.15, 0.2) is 59.5 Å². The van der Waals surface area contributed by atoms with Gasteiger partial charge in [-0.05, 0) is 28.8 Å². The lowest BCUT2D eigenvalue weighted by atomic mass is 10.0. The number of phenols is 1. The van der Waals surface area contributed by atoms with Crippen LogP contribution in [0.3, 0.4) is 0 Å². The normalized spacial score (nSPS) is 11.2. The number of nitro groups is 1. The molecule has 8 heteroatoms. The van der Waals surface area contributed by atoms with Crippen LogP contribution >= 0.6 is 0 Å². The summed E-state index contributed by atoms with van der Waals surface area (Å²) in [6.07, 6.45) is 3.50. The third kappa shape index (κ3) is 4.24. The molecule has 2 N–H and O–H groups in total. The largest absolute Gasteiger partial charge is 0.500 e. The Morgan fingerprint density at radius 2 is 2.04 bits per heavy atom. The summed E-state index contributed by atoms with van der Waals surface area (Å²) in [4.78, 5) is 29.2. The Bertz CT molecular complexity index is 1090. The minimum absolute atomic E-state index is 0.0194. The third-order valence-electron chi connectivity index (χ3n) is 4.05. The van der Waals surface area contributed by atoms with Crippen molar-refractivity contribution < 1.29 is 14.8 Å². The molecule has 0 saturated heterocycles. The van der Waals surface area contributed by atoms with Crippen molar-refractivity contribution in [1.82, 2.24) is 9.97 Å². The van der Waals surface area contributed by atoms with E-state index in [-0.39, 0.29) is 11.3 Å². The van der Waals surface area contributed by atoms with Crippen LogP contribution in [0.25, 0.3) is 11.6 Å². The number of H-pyrrole nitrogens is 1. The number of aromatic amines is 1. The first-order valence-electron chi connectivity index (χ1n) is 8.33. The van der Waals surface area contributed by atoms with Crippen molar-refractivity contribution in [3.05, 3.63) is 92.1 Å². The maximum atomic E-state index is 11.7. The van der Waals surface area contributed by atoms with Gasteiger partial charge < -0.3 is 14.8 Å².